The zero-order chi connectivity index (χ0) is 38.0. The first-order chi connectivity index (χ1) is 26.3. The molecule has 0 bridgehead atoms. The van der Waals surface area contributed by atoms with Crippen molar-refractivity contribution in [2.75, 3.05) is 24.9 Å². The lowest BCUT2D eigenvalue weighted by Gasteiger charge is -2.22. The average molecular weight is 760 g/mol. The van der Waals surface area contributed by atoms with Crippen molar-refractivity contribution in [3.63, 3.8) is 0 Å². The van der Waals surface area contributed by atoms with Crippen molar-refractivity contribution in [3.8, 4) is 5.75 Å². The van der Waals surface area contributed by atoms with Crippen molar-refractivity contribution in [1.82, 2.24) is 5.32 Å². The number of para-hydroxylation sites is 1. The summed E-state index contributed by atoms with van der Waals surface area (Å²) < 4.78 is 10.6. The van der Waals surface area contributed by atoms with Gasteiger partial charge in [0.15, 0.2) is 0 Å². The van der Waals surface area contributed by atoms with Gasteiger partial charge in [-0.25, -0.2) is 4.79 Å². The van der Waals surface area contributed by atoms with E-state index in [1.165, 1.54) is 42.9 Å². The van der Waals surface area contributed by atoms with Crippen molar-refractivity contribution < 1.29 is 28.7 Å². The van der Waals surface area contributed by atoms with Crippen LogP contribution in [0.1, 0.15) is 68.0 Å². The predicted octanol–water partition coefficient (Wildman–Crippen LogP) is 8.73. The summed E-state index contributed by atoms with van der Waals surface area (Å²) in [5.41, 5.74) is 4.17. The van der Waals surface area contributed by atoms with E-state index in [1.54, 1.807) is 60.7 Å². The number of amides is 3. The maximum atomic E-state index is 13.8. The van der Waals surface area contributed by atoms with E-state index in [4.69, 9.17) is 9.47 Å². The van der Waals surface area contributed by atoms with E-state index in [1.807, 2.05) is 49.4 Å². The third kappa shape index (κ3) is 9.10. The number of thioether (sulfide) groups is 1. The number of ether oxygens (including phenoxy) is 2. The quantitative estimate of drug-likeness (QED) is 0.0624. The summed E-state index contributed by atoms with van der Waals surface area (Å²) in [6.45, 7) is 1.93. The molecule has 0 aliphatic heterocycles. The van der Waals surface area contributed by atoms with Crippen molar-refractivity contribution in [1.29, 1.82) is 0 Å². The maximum Gasteiger partial charge on any atom is 0.341 e. The van der Waals surface area contributed by atoms with E-state index < -0.39 is 23.0 Å². The summed E-state index contributed by atoms with van der Waals surface area (Å²) in [4.78, 5) is 55.6. The van der Waals surface area contributed by atoms with Crippen molar-refractivity contribution >= 4 is 63.6 Å². The number of hydrogen-bond acceptors (Lipinski definition) is 8. The average Bonchev–Trinajstić information content (AvgIpc) is 3.57. The molecule has 0 saturated heterocycles. The molecule has 3 amide bonds. The molecule has 1 heterocycles. The Morgan fingerprint density at radius 2 is 1.61 bits per heavy atom. The van der Waals surface area contributed by atoms with Crippen molar-refractivity contribution in [2.24, 2.45) is 0 Å². The first-order valence-electron chi connectivity index (χ1n) is 17.7. The minimum absolute atomic E-state index is 0.0207. The SMILES string of the molecule is CCC(Sc1cccc(NC(=O)/C(=C\c2ccccc2OC)NC(=O)c2ccccc2)c1)C(=O)Nc1sc2c(c1C(=O)OC)CCC(c1ccccc1)C2. The maximum absolute atomic E-state index is 13.8. The second-order valence-corrected chi connectivity index (χ2v) is 15.0. The van der Waals surface area contributed by atoms with Crippen molar-refractivity contribution in [3.05, 3.63) is 148 Å². The lowest BCUT2D eigenvalue weighted by Crippen LogP contribution is -2.30. The van der Waals surface area contributed by atoms with Gasteiger partial charge >= 0.3 is 5.97 Å². The number of rotatable bonds is 13. The van der Waals surface area contributed by atoms with Gasteiger partial charge in [0.25, 0.3) is 11.8 Å². The summed E-state index contributed by atoms with van der Waals surface area (Å²) >= 11 is 2.81. The highest BCUT2D eigenvalue weighted by atomic mass is 32.2. The highest BCUT2D eigenvalue weighted by Crippen LogP contribution is 2.43. The standard InChI is InChI=1S/C43H41N3O6S2/c1-4-36(41(49)46-42-38(43(50)52-3)33-23-22-29(25-37(33)54-42)27-14-7-5-8-15-27)53-32-20-13-19-31(26-32)44-40(48)34(24-30-18-11-12-21-35(30)51-2)45-39(47)28-16-9-6-10-17-28/h5-21,24,26,29,36H,4,22-23,25H2,1-3H3,(H,44,48)(H,45,47)(H,46,49)/b34-24+. The summed E-state index contributed by atoms with van der Waals surface area (Å²) in [6.07, 6.45) is 4.50. The lowest BCUT2D eigenvalue weighted by molar-refractivity contribution is -0.116. The van der Waals surface area contributed by atoms with Crippen LogP contribution < -0.4 is 20.7 Å². The normalized spacial score (nSPS) is 14.3. The molecule has 4 aromatic carbocycles. The summed E-state index contributed by atoms with van der Waals surface area (Å²) in [5.74, 6) is -0.785. The minimum atomic E-state index is -0.538. The fraction of sp³-hybridized carbons (Fsp3) is 0.209. The van der Waals surface area contributed by atoms with Crippen LogP contribution in [0.15, 0.2) is 120 Å². The molecule has 5 aromatic rings. The molecule has 3 N–H and O–H groups in total. The van der Waals surface area contributed by atoms with Crippen LogP contribution in [-0.2, 0) is 27.2 Å². The molecule has 2 atom stereocenters. The second-order valence-electron chi connectivity index (χ2n) is 12.7. The smallest absolute Gasteiger partial charge is 0.341 e. The zero-order valence-electron chi connectivity index (χ0n) is 30.2. The molecule has 0 radical (unpaired) electrons. The van der Waals surface area contributed by atoms with Gasteiger partial charge in [0.2, 0.25) is 5.91 Å². The van der Waals surface area contributed by atoms with Crippen LogP contribution in [0.4, 0.5) is 10.7 Å². The van der Waals surface area contributed by atoms with Crippen LogP contribution in [0, 0.1) is 0 Å². The molecule has 276 valence electrons. The van der Waals surface area contributed by atoms with Gasteiger partial charge < -0.3 is 25.4 Å². The summed E-state index contributed by atoms with van der Waals surface area (Å²) in [5, 5.41) is 8.74. The van der Waals surface area contributed by atoms with Gasteiger partial charge in [0.05, 0.1) is 25.0 Å². The Morgan fingerprint density at radius 1 is 0.889 bits per heavy atom. The van der Waals surface area contributed by atoms with E-state index in [0.717, 1.165) is 34.6 Å². The van der Waals surface area contributed by atoms with Gasteiger partial charge in [-0.3, -0.25) is 14.4 Å². The predicted molar refractivity (Wildman–Crippen MR) is 215 cm³/mol. The third-order valence-corrected chi connectivity index (χ3v) is 11.7. The third-order valence-electron chi connectivity index (χ3n) is 9.16. The Kier molecular flexibility index (Phi) is 12.6. The number of fused-ring (bicyclic) bond motifs is 1. The zero-order valence-corrected chi connectivity index (χ0v) is 31.9. The lowest BCUT2D eigenvalue weighted by atomic mass is 9.83. The Bertz CT molecular complexity index is 2170. The Labute approximate surface area is 323 Å². The minimum Gasteiger partial charge on any atom is -0.496 e. The molecular weight excluding hydrogens is 719 g/mol. The molecule has 6 rings (SSSR count). The number of hydrogen-bond donors (Lipinski definition) is 3. The molecule has 9 nitrogen and oxygen atoms in total. The fourth-order valence-electron chi connectivity index (χ4n) is 6.41. The van der Waals surface area contributed by atoms with Crippen LogP contribution in [0.5, 0.6) is 5.75 Å². The van der Waals surface area contributed by atoms with Gasteiger partial charge in [0.1, 0.15) is 16.4 Å². The van der Waals surface area contributed by atoms with E-state index in [0.29, 0.717) is 45.5 Å². The Balaban J connectivity index is 1.18. The molecular formula is C43H41N3O6S2. The number of carbonyl (C=O) groups is 4. The molecule has 1 aliphatic carbocycles. The highest BCUT2D eigenvalue weighted by Gasteiger charge is 2.32. The number of carbonyl (C=O) groups excluding carboxylic acids is 4. The van der Waals surface area contributed by atoms with Crippen LogP contribution >= 0.6 is 23.1 Å². The molecule has 0 spiro atoms. The molecule has 0 saturated carbocycles. The number of methoxy groups -OCH3 is 2. The second kappa shape index (κ2) is 17.9. The van der Waals surface area contributed by atoms with Gasteiger partial charge in [0, 0.05) is 26.6 Å². The molecule has 1 aromatic heterocycles. The van der Waals surface area contributed by atoms with Crippen molar-refractivity contribution in [2.45, 2.75) is 48.7 Å². The van der Waals surface area contributed by atoms with E-state index in [-0.39, 0.29) is 11.6 Å². The summed E-state index contributed by atoms with van der Waals surface area (Å²) in [7, 11) is 2.90. The summed E-state index contributed by atoms with van der Waals surface area (Å²) in [6, 6.07) is 33.4. The molecule has 0 fully saturated rings. The number of esters is 1. The first-order valence-corrected chi connectivity index (χ1v) is 19.3. The van der Waals surface area contributed by atoms with E-state index >= 15 is 0 Å². The van der Waals surface area contributed by atoms with E-state index in [9.17, 15) is 19.2 Å². The van der Waals surface area contributed by atoms with Crippen LogP contribution in [0.25, 0.3) is 6.08 Å². The Hall–Kier alpha value is -5.65. The number of anilines is 2. The largest absolute Gasteiger partial charge is 0.496 e. The number of benzene rings is 4. The topological polar surface area (TPSA) is 123 Å². The number of thiophene rings is 1. The van der Waals surface area contributed by atoms with Gasteiger partial charge in [-0.1, -0.05) is 79.7 Å². The monoisotopic (exact) mass is 759 g/mol. The Morgan fingerprint density at radius 3 is 2.33 bits per heavy atom. The van der Waals surface area contributed by atoms with Gasteiger partial charge in [-0.15, -0.1) is 23.1 Å². The van der Waals surface area contributed by atoms with E-state index in [2.05, 4.69) is 28.1 Å². The van der Waals surface area contributed by atoms with Gasteiger partial charge in [-0.2, -0.15) is 0 Å². The highest BCUT2D eigenvalue weighted by molar-refractivity contribution is 8.00. The fourth-order valence-corrected chi connectivity index (χ4v) is 8.74. The molecule has 2 unspecified atom stereocenters. The van der Waals surface area contributed by atoms with Crippen LogP contribution in [0.3, 0.4) is 0 Å². The molecule has 1 aliphatic rings. The molecule has 11 heteroatoms. The number of nitrogens with one attached hydrogen (secondary N) is 3. The molecule has 54 heavy (non-hydrogen) atoms. The first kappa shape index (κ1) is 38.1. The van der Waals surface area contributed by atoms with Crippen LogP contribution in [-0.4, -0.2) is 43.2 Å². The van der Waals surface area contributed by atoms with Gasteiger partial charge in [-0.05, 0) is 85.2 Å². The van der Waals surface area contributed by atoms with Crippen LogP contribution in [0.2, 0.25) is 0 Å².